The lowest BCUT2D eigenvalue weighted by molar-refractivity contribution is -0.469. The zero-order valence-corrected chi connectivity index (χ0v) is 9.78. The van der Waals surface area contributed by atoms with Crippen molar-refractivity contribution in [3.8, 4) is 6.07 Å². The Morgan fingerprint density at radius 1 is 1.06 bits per heavy atom. The molecule has 0 aromatic heterocycles. The van der Waals surface area contributed by atoms with Crippen LogP contribution in [0.1, 0.15) is 16.7 Å². The van der Waals surface area contributed by atoms with E-state index < -0.39 is 0 Å². The Balaban J connectivity index is 2.10. The van der Waals surface area contributed by atoms with Crippen LogP contribution in [0.3, 0.4) is 0 Å². The molecule has 18 heavy (non-hydrogen) atoms. The molecule has 0 atom stereocenters. The Morgan fingerprint density at radius 2 is 1.72 bits per heavy atom. The monoisotopic (exact) mass is 236 g/mol. The zero-order chi connectivity index (χ0) is 12.8. The predicted molar refractivity (Wildman–Crippen MR) is 70.1 cm³/mol. The fourth-order valence-corrected chi connectivity index (χ4v) is 1.62. The van der Waals surface area contributed by atoms with Gasteiger partial charge in [0.25, 0.3) is 0 Å². The predicted octanol–water partition coefficient (Wildman–Crippen LogP) is 2.69. The molecule has 0 spiro atoms. The highest BCUT2D eigenvalue weighted by atomic mass is 16.5. The molecule has 0 fully saturated rings. The van der Waals surface area contributed by atoms with Crippen molar-refractivity contribution in [1.82, 2.24) is 0 Å². The molecular formula is C15H12N2O. The second-order valence-corrected chi connectivity index (χ2v) is 3.92. The second-order valence-electron chi connectivity index (χ2n) is 3.92. The summed E-state index contributed by atoms with van der Waals surface area (Å²) >= 11 is 0. The van der Waals surface area contributed by atoms with Gasteiger partial charge in [-0.15, -0.1) is 0 Å². The first-order valence-electron chi connectivity index (χ1n) is 5.60. The Morgan fingerprint density at radius 3 is 2.33 bits per heavy atom. The van der Waals surface area contributed by atoms with Crippen molar-refractivity contribution in [2.75, 3.05) is 0 Å². The third kappa shape index (κ3) is 3.19. The number of hydrogen-bond donors (Lipinski definition) is 0. The lowest BCUT2D eigenvalue weighted by Crippen LogP contribution is -2.05. The summed E-state index contributed by atoms with van der Waals surface area (Å²) in [5.74, 6) is 0. The molecular weight excluding hydrogens is 224 g/mol. The van der Waals surface area contributed by atoms with Crippen LogP contribution < -0.4 is 0 Å². The van der Waals surface area contributed by atoms with Gasteiger partial charge in [0.05, 0.1) is 11.6 Å². The second kappa shape index (κ2) is 5.65. The molecule has 0 aliphatic carbocycles. The van der Waals surface area contributed by atoms with Gasteiger partial charge in [-0.05, 0) is 24.3 Å². The molecule has 0 aliphatic heterocycles. The summed E-state index contributed by atoms with van der Waals surface area (Å²) in [6.07, 6.45) is 1.52. The highest BCUT2D eigenvalue weighted by Crippen LogP contribution is 2.03. The third-order valence-corrected chi connectivity index (χ3v) is 2.51. The number of nitrogens with zero attached hydrogens (tertiary/aromatic N) is 2. The molecule has 0 amide bonds. The average Bonchev–Trinajstić information content (AvgIpc) is 2.40. The molecule has 0 heterocycles. The summed E-state index contributed by atoms with van der Waals surface area (Å²) in [5, 5.41) is 20.4. The third-order valence-electron chi connectivity index (χ3n) is 2.51. The largest absolute Gasteiger partial charge is 0.624 e. The van der Waals surface area contributed by atoms with E-state index in [-0.39, 0.29) is 0 Å². The van der Waals surface area contributed by atoms with Crippen LogP contribution >= 0.6 is 0 Å². The summed E-state index contributed by atoms with van der Waals surface area (Å²) < 4.78 is 0.886. The lowest BCUT2D eigenvalue weighted by atomic mass is 10.1. The molecule has 0 aliphatic rings. The van der Waals surface area contributed by atoms with Crippen molar-refractivity contribution in [1.29, 1.82) is 5.26 Å². The summed E-state index contributed by atoms with van der Waals surface area (Å²) in [4.78, 5) is 0. The van der Waals surface area contributed by atoms with Crippen LogP contribution in [0.15, 0.2) is 54.6 Å². The summed E-state index contributed by atoms with van der Waals surface area (Å²) in [6, 6.07) is 18.5. The van der Waals surface area contributed by atoms with Crippen molar-refractivity contribution in [2.45, 2.75) is 6.54 Å². The summed E-state index contributed by atoms with van der Waals surface area (Å²) in [5.41, 5.74) is 2.35. The lowest BCUT2D eigenvalue weighted by Gasteiger charge is -2.03. The molecule has 88 valence electrons. The quantitative estimate of drug-likeness (QED) is 0.356. The van der Waals surface area contributed by atoms with E-state index >= 15 is 0 Å². The van der Waals surface area contributed by atoms with Crippen molar-refractivity contribution in [3.63, 3.8) is 0 Å². The molecule has 0 bridgehead atoms. The number of rotatable bonds is 3. The van der Waals surface area contributed by atoms with E-state index in [1.807, 2.05) is 36.4 Å². The first-order chi connectivity index (χ1) is 8.78. The van der Waals surface area contributed by atoms with Gasteiger partial charge < -0.3 is 5.21 Å². The first kappa shape index (κ1) is 11.9. The zero-order valence-electron chi connectivity index (χ0n) is 9.78. The summed E-state index contributed by atoms with van der Waals surface area (Å²) in [7, 11) is 0. The fraction of sp³-hybridized carbons (Fsp3) is 0.0667. The first-order valence-corrected chi connectivity index (χ1v) is 5.60. The van der Waals surface area contributed by atoms with E-state index in [0.29, 0.717) is 12.1 Å². The molecule has 0 unspecified atom stereocenters. The van der Waals surface area contributed by atoms with Crippen LogP contribution in [0.5, 0.6) is 0 Å². The Kier molecular flexibility index (Phi) is 3.72. The van der Waals surface area contributed by atoms with Crippen LogP contribution in [-0.2, 0) is 6.54 Å². The molecule has 0 N–H and O–H groups in total. The molecule has 2 rings (SSSR count). The van der Waals surface area contributed by atoms with E-state index in [2.05, 4.69) is 0 Å². The fourth-order valence-electron chi connectivity index (χ4n) is 1.62. The topological polar surface area (TPSA) is 49.9 Å². The van der Waals surface area contributed by atoms with Crippen molar-refractivity contribution in [3.05, 3.63) is 76.5 Å². The Bertz CT molecular complexity index is 580. The van der Waals surface area contributed by atoms with Crippen molar-refractivity contribution < 1.29 is 4.74 Å². The van der Waals surface area contributed by atoms with Crippen LogP contribution in [0, 0.1) is 16.5 Å². The Hall–Kier alpha value is -2.60. The van der Waals surface area contributed by atoms with Gasteiger partial charge in [-0.25, -0.2) is 4.74 Å². The molecule has 0 saturated carbocycles. The van der Waals surface area contributed by atoms with Crippen molar-refractivity contribution in [2.24, 2.45) is 0 Å². The normalized spacial score (nSPS) is 10.9. The molecule has 3 nitrogen and oxygen atoms in total. The van der Waals surface area contributed by atoms with Gasteiger partial charge >= 0.3 is 0 Å². The number of benzene rings is 2. The Labute approximate surface area is 106 Å². The van der Waals surface area contributed by atoms with Crippen LogP contribution in [0.2, 0.25) is 0 Å². The van der Waals surface area contributed by atoms with Crippen LogP contribution in [0.25, 0.3) is 0 Å². The smallest absolute Gasteiger partial charge is 0.182 e. The minimum absolute atomic E-state index is 0.320. The molecule has 0 saturated heterocycles. The van der Waals surface area contributed by atoms with E-state index in [4.69, 9.17) is 5.26 Å². The van der Waals surface area contributed by atoms with E-state index in [0.717, 1.165) is 15.9 Å². The summed E-state index contributed by atoms with van der Waals surface area (Å²) in [6.45, 7) is 0.320. The highest BCUT2D eigenvalue weighted by molar-refractivity contribution is 5.75. The van der Waals surface area contributed by atoms with E-state index in [9.17, 15) is 5.21 Å². The van der Waals surface area contributed by atoms with Gasteiger partial charge in [-0.1, -0.05) is 30.3 Å². The number of hydroxylamine groups is 1. The van der Waals surface area contributed by atoms with E-state index in [1.165, 1.54) is 6.21 Å². The highest BCUT2D eigenvalue weighted by Gasteiger charge is 1.99. The molecule has 2 aromatic rings. The average molecular weight is 236 g/mol. The van der Waals surface area contributed by atoms with Crippen molar-refractivity contribution >= 4 is 6.21 Å². The molecule has 3 heteroatoms. The van der Waals surface area contributed by atoms with Gasteiger partial charge in [0.1, 0.15) is 0 Å². The molecule has 0 radical (unpaired) electrons. The molecule has 2 aromatic carbocycles. The van der Waals surface area contributed by atoms with Gasteiger partial charge in [0.15, 0.2) is 12.8 Å². The number of hydrogen-bond acceptors (Lipinski definition) is 2. The van der Waals surface area contributed by atoms with Gasteiger partial charge in [0.2, 0.25) is 0 Å². The minimum atomic E-state index is 0.320. The van der Waals surface area contributed by atoms with E-state index in [1.54, 1.807) is 24.3 Å². The van der Waals surface area contributed by atoms with Crippen LogP contribution in [0.4, 0.5) is 0 Å². The SMILES string of the molecule is N#Cc1ccc(C=[N+]([O-])Cc2ccccc2)cc1. The number of nitriles is 1. The minimum Gasteiger partial charge on any atom is -0.624 e. The maximum atomic E-state index is 11.7. The van der Waals surface area contributed by atoms with Crippen LogP contribution in [-0.4, -0.2) is 11.0 Å². The maximum Gasteiger partial charge on any atom is 0.182 e. The van der Waals surface area contributed by atoms with Gasteiger partial charge in [0, 0.05) is 11.1 Å². The standard InChI is InChI=1S/C15H12N2O/c16-10-13-6-8-15(9-7-13)12-17(18)11-14-4-2-1-3-5-14/h1-9,12H,11H2. The maximum absolute atomic E-state index is 11.7. The van der Waals surface area contributed by atoms with Gasteiger partial charge in [-0.2, -0.15) is 5.26 Å². The van der Waals surface area contributed by atoms with Gasteiger partial charge in [-0.3, -0.25) is 0 Å².